The molecule has 0 aromatic heterocycles. The van der Waals surface area contributed by atoms with Gasteiger partial charge in [-0.15, -0.1) is 0 Å². The third-order valence-corrected chi connectivity index (χ3v) is 3.61. The zero-order chi connectivity index (χ0) is 13.1. The second kappa shape index (κ2) is 5.87. The van der Waals surface area contributed by atoms with Crippen LogP contribution in [0.3, 0.4) is 0 Å². The number of thiocarbonyl (C=S) groups is 1. The van der Waals surface area contributed by atoms with Gasteiger partial charge < -0.3 is 15.4 Å². The quantitative estimate of drug-likeness (QED) is 0.815. The van der Waals surface area contributed by atoms with Crippen LogP contribution >= 0.6 is 23.8 Å². The highest BCUT2D eigenvalue weighted by atomic mass is 35.5. The Morgan fingerprint density at radius 1 is 1.56 bits per heavy atom. The Kier molecular flexibility index (Phi) is 4.43. The molecule has 1 aromatic rings. The van der Waals surface area contributed by atoms with Crippen molar-refractivity contribution in [1.29, 1.82) is 0 Å². The van der Waals surface area contributed by atoms with E-state index in [1.807, 2.05) is 12.1 Å². The molecule has 98 valence electrons. The number of hydrogen-bond donors (Lipinski definition) is 1. The number of rotatable bonds is 6. The summed E-state index contributed by atoms with van der Waals surface area (Å²) in [7, 11) is 2.12. The van der Waals surface area contributed by atoms with E-state index < -0.39 is 0 Å². The van der Waals surface area contributed by atoms with E-state index in [1.54, 1.807) is 6.07 Å². The lowest BCUT2D eigenvalue weighted by molar-refractivity contribution is 0.231. The fourth-order valence-corrected chi connectivity index (χ4v) is 2.40. The monoisotopic (exact) mass is 284 g/mol. The standard InChI is InChI=1S/C13H17ClN2OS/c1-16(9-5-6-9)7-8-17-11-4-2-3-10(14)12(11)13(15)18/h2-4,9H,5-8H2,1H3,(H2,15,18). The van der Waals surface area contributed by atoms with Crippen LogP contribution in [0.5, 0.6) is 5.75 Å². The Morgan fingerprint density at radius 2 is 2.28 bits per heavy atom. The number of halogens is 1. The first-order chi connectivity index (χ1) is 8.59. The smallest absolute Gasteiger partial charge is 0.131 e. The van der Waals surface area contributed by atoms with Crippen molar-refractivity contribution in [1.82, 2.24) is 4.90 Å². The summed E-state index contributed by atoms with van der Waals surface area (Å²) in [4.78, 5) is 2.58. The second-order valence-corrected chi connectivity index (χ2v) is 5.38. The van der Waals surface area contributed by atoms with Crippen LogP contribution < -0.4 is 10.5 Å². The van der Waals surface area contributed by atoms with E-state index in [0.29, 0.717) is 22.9 Å². The molecule has 2 N–H and O–H groups in total. The molecule has 0 unspecified atom stereocenters. The van der Waals surface area contributed by atoms with E-state index in [9.17, 15) is 0 Å². The lowest BCUT2D eigenvalue weighted by Crippen LogP contribution is -2.26. The predicted octanol–water partition coefficient (Wildman–Crippen LogP) is 2.45. The van der Waals surface area contributed by atoms with Gasteiger partial charge in [0.1, 0.15) is 17.3 Å². The van der Waals surface area contributed by atoms with Gasteiger partial charge in [-0.25, -0.2) is 0 Å². The minimum absolute atomic E-state index is 0.270. The molecule has 0 radical (unpaired) electrons. The first-order valence-corrected chi connectivity index (χ1v) is 6.79. The van der Waals surface area contributed by atoms with Crippen molar-refractivity contribution < 1.29 is 4.74 Å². The number of benzene rings is 1. The van der Waals surface area contributed by atoms with Crippen molar-refractivity contribution >= 4 is 28.8 Å². The molecule has 0 spiro atoms. The molecular formula is C13H17ClN2OS. The maximum Gasteiger partial charge on any atom is 0.131 e. The molecule has 0 aliphatic heterocycles. The van der Waals surface area contributed by atoms with E-state index in [2.05, 4.69) is 11.9 Å². The van der Waals surface area contributed by atoms with Crippen LogP contribution in [0.15, 0.2) is 18.2 Å². The van der Waals surface area contributed by atoms with E-state index in [1.165, 1.54) is 12.8 Å². The fraction of sp³-hybridized carbons (Fsp3) is 0.462. The Bertz CT molecular complexity index is 449. The number of nitrogens with zero attached hydrogens (tertiary/aromatic N) is 1. The normalized spacial score (nSPS) is 14.8. The summed E-state index contributed by atoms with van der Waals surface area (Å²) >= 11 is 11.1. The van der Waals surface area contributed by atoms with Crippen LogP contribution in [-0.2, 0) is 0 Å². The minimum Gasteiger partial charge on any atom is -0.491 e. The van der Waals surface area contributed by atoms with Gasteiger partial charge in [0.2, 0.25) is 0 Å². The molecule has 0 heterocycles. The SMILES string of the molecule is CN(CCOc1cccc(Cl)c1C(N)=S)C1CC1. The van der Waals surface area contributed by atoms with Gasteiger partial charge in [-0.1, -0.05) is 29.9 Å². The molecule has 5 heteroatoms. The Labute approximate surface area is 118 Å². The number of ether oxygens (including phenoxy) is 1. The van der Waals surface area contributed by atoms with E-state index in [-0.39, 0.29) is 4.99 Å². The van der Waals surface area contributed by atoms with Crippen LogP contribution in [0.4, 0.5) is 0 Å². The Hall–Kier alpha value is -0.840. The second-order valence-electron chi connectivity index (χ2n) is 4.54. The summed E-state index contributed by atoms with van der Waals surface area (Å²) in [5.74, 6) is 0.666. The van der Waals surface area contributed by atoms with Crippen molar-refractivity contribution in [3.63, 3.8) is 0 Å². The molecule has 1 aliphatic carbocycles. The van der Waals surface area contributed by atoms with Crippen molar-refractivity contribution in [2.45, 2.75) is 18.9 Å². The molecule has 2 rings (SSSR count). The van der Waals surface area contributed by atoms with Crippen LogP contribution in [0.2, 0.25) is 5.02 Å². The zero-order valence-corrected chi connectivity index (χ0v) is 11.9. The summed E-state index contributed by atoms with van der Waals surface area (Å²) in [5, 5.41) is 0.538. The highest BCUT2D eigenvalue weighted by Gasteiger charge is 2.25. The van der Waals surface area contributed by atoms with Crippen molar-refractivity contribution in [2.24, 2.45) is 5.73 Å². The maximum absolute atomic E-state index is 6.07. The van der Waals surface area contributed by atoms with Gasteiger partial charge in [-0.2, -0.15) is 0 Å². The molecule has 3 nitrogen and oxygen atoms in total. The van der Waals surface area contributed by atoms with E-state index >= 15 is 0 Å². The molecule has 0 atom stereocenters. The predicted molar refractivity (Wildman–Crippen MR) is 78.5 cm³/mol. The average molecular weight is 285 g/mol. The summed E-state index contributed by atoms with van der Waals surface area (Å²) in [6, 6.07) is 6.18. The summed E-state index contributed by atoms with van der Waals surface area (Å²) in [6.07, 6.45) is 2.59. The molecule has 18 heavy (non-hydrogen) atoms. The molecular weight excluding hydrogens is 268 g/mol. The zero-order valence-electron chi connectivity index (χ0n) is 10.4. The van der Waals surface area contributed by atoms with Crippen LogP contribution in [0, 0.1) is 0 Å². The van der Waals surface area contributed by atoms with Crippen LogP contribution in [0.1, 0.15) is 18.4 Å². The van der Waals surface area contributed by atoms with E-state index in [0.717, 1.165) is 12.6 Å². The minimum atomic E-state index is 0.270. The number of hydrogen-bond acceptors (Lipinski definition) is 3. The van der Waals surface area contributed by atoms with Gasteiger partial charge in [0.05, 0.1) is 10.6 Å². The third-order valence-electron chi connectivity index (χ3n) is 3.09. The van der Waals surface area contributed by atoms with Crippen molar-refractivity contribution in [3.05, 3.63) is 28.8 Å². The van der Waals surface area contributed by atoms with E-state index in [4.69, 9.17) is 34.3 Å². The van der Waals surface area contributed by atoms with Gasteiger partial charge in [-0.05, 0) is 32.0 Å². The molecule has 1 aliphatic rings. The molecule has 1 aromatic carbocycles. The molecule has 0 bridgehead atoms. The van der Waals surface area contributed by atoms with Crippen molar-refractivity contribution in [2.75, 3.05) is 20.2 Å². The Morgan fingerprint density at radius 3 is 2.89 bits per heavy atom. The molecule has 1 saturated carbocycles. The Balaban J connectivity index is 1.95. The molecule has 1 fully saturated rings. The van der Waals surface area contributed by atoms with Gasteiger partial charge in [0.15, 0.2) is 0 Å². The molecule has 0 saturated heterocycles. The maximum atomic E-state index is 6.07. The van der Waals surface area contributed by atoms with Gasteiger partial charge >= 0.3 is 0 Å². The lowest BCUT2D eigenvalue weighted by atomic mass is 10.2. The van der Waals surface area contributed by atoms with Gasteiger partial charge in [-0.3, -0.25) is 0 Å². The first-order valence-electron chi connectivity index (χ1n) is 6.01. The third kappa shape index (κ3) is 3.34. The topological polar surface area (TPSA) is 38.5 Å². The fourth-order valence-electron chi connectivity index (χ4n) is 1.86. The number of likely N-dealkylation sites (N-methyl/N-ethyl adjacent to an activating group) is 1. The number of nitrogens with two attached hydrogens (primary N) is 1. The first kappa shape index (κ1) is 13.6. The summed E-state index contributed by atoms with van der Waals surface area (Å²) in [5.41, 5.74) is 6.29. The average Bonchev–Trinajstić information content (AvgIpc) is 3.12. The van der Waals surface area contributed by atoms with Gasteiger partial charge in [0, 0.05) is 12.6 Å². The summed E-state index contributed by atoms with van der Waals surface area (Å²) in [6.45, 7) is 1.51. The lowest BCUT2D eigenvalue weighted by Gasteiger charge is -2.17. The van der Waals surface area contributed by atoms with Crippen LogP contribution in [0.25, 0.3) is 0 Å². The van der Waals surface area contributed by atoms with Crippen LogP contribution in [-0.4, -0.2) is 36.1 Å². The van der Waals surface area contributed by atoms with Gasteiger partial charge in [0.25, 0.3) is 0 Å². The highest BCUT2D eigenvalue weighted by Crippen LogP contribution is 2.27. The highest BCUT2D eigenvalue weighted by molar-refractivity contribution is 7.80. The molecule has 0 amide bonds. The van der Waals surface area contributed by atoms with Crippen molar-refractivity contribution in [3.8, 4) is 5.75 Å². The summed E-state index contributed by atoms with van der Waals surface area (Å²) < 4.78 is 5.73. The largest absolute Gasteiger partial charge is 0.491 e.